The van der Waals surface area contributed by atoms with Crippen LogP contribution in [0.3, 0.4) is 0 Å². The van der Waals surface area contributed by atoms with Gasteiger partial charge < -0.3 is 19.5 Å². The van der Waals surface area contributed by atoms with E-state index < -0.39 is 17.6 Å². The van der Waals surface area contributed by atoms with Crippen LogP contribution in [0.1, 0.15) is 37.5 Å². The highest BCUT2D eigenvalue weighted by atomic mass is 19.4. The van der Waals surface area contributed by atoms with Crippen molar-refractivity contribution < 1.29 is 27.5 Å². The Morgan fingerprint density at radius 2 is 1.65 bits per heavy atom. The summed E-state index contributed by atoms with van der Waals surface area (Å²) in [4.78, 5) is 38.7. The third-order valence-electron chi connectivity index (χ3n) is 8.08. The third-order valence-corrected chi connectivity index (χ3v) is 8.08. The fourth-order valence-electron chi connectivity index (χ4n) is 5.46. The van der Waals surface area contributed by atoms with Gasteiger partial charge in [-0.05, 0) is 78.7 Å². The van der Waals surface area contributed by atoms with Crippen molar-refractivity contribution in [1.29, 1.82) is 0 Å². The van der Waals surface area contributed by atoms with Crippen molar-refractivity contribution in [2.24, 2.45) is 7.05 Å². The molecular formula is C34H31F3N6O3. The first-order valence-electron chi connectivity index (χ1n) is 14.7. The summed E-state index contributed by atoms with van der Waals surface area (Å²) in [5.41, 5.74) is 2.99. The molecule has 6 rings (SSSR count). The van der Waals surface area contributed by atoms with Gasteiger partial charge in [0.2, 0.25) is 5.88 Å². The molecule has 0 atom stereocenters. The Hall–Kier alpha value is -5.23. The number of halogens is 3. The second kappa shape index (κ2) is 12.6. The van der Waals surface area contributed by atoms with Gasteiger partial charge in [0.25, 0.3) is 11.8 Å². The van der Waals surface area contributed by atoms with Crippen LogP contribution in [-0.2, 0) is 19.8 Å². The zero-order chi connectivity index (χ0) is 32.4. The number of nitrogens with one attached hydrogen (secondary N) is 1. The Morgan fingerprint density at radius 1 is 0.935 bits per heavy atom. The molecule has 4 heterocycles. The number of carbonyl (C=O) groups excluding carboxylic acids is 2. The standard InChI is InChI=1S/C34H31F3N6O3/c1-22-17-31(39-20-28(22)40-32(44)24-3-5-26(6-4-24)34(35,36)37)46-27-7-8-29-25(18-27)19-30(41(29)2)33(45)43-15-13-42(14-16-43)21-23-9-11-38-12-10-23/h3-12,17-20H,13-16,21H2,1-2H3,(H,40,44). The predicted octanol–water partition coefficient (Wildman–Crippen LogP) is 6.30. The number of amides is 2. The molecule has 236 valence electrons. The van der Waals surface area contributed by atoms with Gasteiger partial charge in [0, 0.05) is 74.7 Å². The first kappa shape index (κ1) is 30.8. The number of ether oxygens (including phenoxy) is 1. The van der Waals surface area contributed by atoms with E-state index in [4.69, 9.17) is 4.74 Å². The van der Waals surface area contributed by atoms with Crippen LogP contribution in [-0.4, -0.2) is 62.3 Å². The lowest BCUT2D eigenvalue weighted by atomic mass is 10.1. The van der Waals surface area contributed by atoms with E-state index in [1.54, 1.807) is 31.5 Å². The molecule has 3 aromatic heterocycles. The van der Waals surface area contributed by atoms with Crippen LogP contribution in [0.2, 0.25) is 0 Å². The Balaban J connectivity index is 1.09. The minimum absolute atomic E-state index is 0.0176. The largest absolute Gasteiger partial charge is 0.439 e. The van der Waals surface area contributed by atoms with Crippen molar-refractivity contribution >= 4 is 28.4 Å². The third kappa shape index (κ3) is 6.71. The number of piperazine rings is 1. The molecule has 1 saturated heterocycles. The number of alkyl halides is 3. The van der Waals surface area contributed by atoms with E-state index in [1.165, 1.54) is 11.8 Å². The summed E-state index contributed by atoms with van der Waals surface area (Å²) in [7, 11) is 1.87. The number of benzene rings is 2. The van der Waals surface area contributed by atoms with Gasteiger partial charge in [-0.15, -0.1) is 0 Å². The minimum Gasteiger partial charge on any atom is -0.439 e. The maximum atomic E-state index is 13.5. The molecule has 46 heavy (non-hydrogen) atoms. The number of hydrogen-bond acceptors (Lipinski definition) is 6. The number of carbonyl (C=O) groups is 2. The minimum atomic E-state index is -4.48. The molecule has 0 unspecified atom stereocenters. The van der Waals surface area contributed by atoms with Crippen molar-refractivity contribution in [3.8, 4) is 11.6 Å². The van der Waals surface area contributed by atoms with Crippen molar-refractivity contribution in [1.82, 2.24) is 24.3 Å². The highest BCUT2D eigenvalue weighted by Crippen LogP contribution is 2.31. The lowest BCUT2D eigenvalue weighted by molar-refractivity contribution is -0.137. The molecule has 9 nitrogen and oxygen atoms in total. The lowest BCUT2D eigenvalue weighted by Crippen LogP contribution is -2.48. The SMILES string of the molecule is Cc1cc(Oc2ccc3c(c2)cc(C(=O)N2CCN(Cc4ccncc4)CC2)n3C)ncc1NC(=O)c1ccc(C(F)(F)F)cc1. The van der Waals surface area contributed by atoms with Gasteiger partial charge in [-0.3, -0.25) is 19.5 Å². The van der Waals surface area contributed by atoms with Crippen LogP contribution >= 0.6 is 0 Å². The van der Waals surface area contributed by atoms with Crippen LogP contribution in [0, 0.1) is 6.92 Å². The number of hydrogen-bond donors (Lipinski definition) is 1. The first-order chi connectivity index (χ1) is 22.0. The highest BCUT2D eigenvalue weighted by molar-refractivity contribution is 6.04. The van der Waals surface area contributed by atoms with Crippen molar-refractivity contribution in [2.45, 2.75) is 19.6 Å². The predicted molar refractivity (Wildman–Crippen MR) is 167 cm³/mol. The molecule has 2 amide bonds. The van der Waals surface area contributed by atoms with E-state index in [0.717, 1.165) is 54.8 Å². The summed E-state index contributed by atoms with van der Waals surface area (Å²) in [6, 6.07) is 17.1. The zero-order valence-electron chi connectivity index (χ0n) is 25.2. The molecular weight excluding hydrogens is 597 g/mol. The lowest BCUT2D eigenvalue weighted by Gasteiger charge is -2.34. The average Bonchev–Trinajstić information content (AvgIpc) is 3.37. The van der Waals surface area contributed by atoms with Crippen LogP contribution in [0.15, 0.2) is 85.3 Å². The van der Waals surface area contributed by atoms with Gasteiger partial charge in [-0.25, -0.2) is 4.98 Å². The molecule has 2 aromatic carbocycles. The summed E-state index contributed by atoms with van der Waals surface area (Å²) < 4.78 is 46.4. The van der Waals surface area contributed by atoms with Crippen molar-refractivity contribution in [3.05, 3.63) is 113 Å². The molecule has 0 aliphatic carbocycles. The summed E-state index contributed by atoms with van der Waals surface area (Å²) >= 11 is 0. The number of fused-ring (bicyclic) bond motifs is 1. The van der Waals surface area contributed by atoms with E-state index in [9.17, 15) is 22.8 Å². The van der Waals surface area contributed by atoms with Crippen molar-refractivity contribution in [2.75, 3.05) is 31.5 Å². The number of pyridine rings is 2. The molecule has 1 aliphatic heterocycles. The summed E-state index contributed by atoms with van der Waals surface area (Å²) in [5, 5.41) is 3.52. The fraction of sp³-hybridized carbons (Fsp3) is 0.235. The topological polar surface area (TPSA) is 92.6 Å². The number of aromatic nitrogens is 3. The molecule has 1 fully saturated rings. The van der Waals surface area contributed by atoms with Gasteiger partial charge in [0.15, 0.2) is 0 Å². The first-order valence-corrected chi connectivity index (χ1v) is 14.7. The fourth-order valence-corrected chi connectivity index (χ4v) is 5.46. The summed E-state index contributed by atoms with van der Waals surface area (Å²) in [5.74, 6) is 0.242. The second-order valence-electron chi connectivity index (χ2n) is 11.2. The van der Waals surface area contributed by atoms with Crippen molar-refractivity contribution in [3.63, 3.8) is 0 Å². The average molecular weight is 629 g/mol. The molecule has 0 bridgehead atoms. The number of aryl methyl sites for hydroxylation is 2. The van der Waals surface area contributed by atoms with Crippen LogP contribution < -0.4 is 10.1 Å². The van der Waals surface area contributed by atoms with E-state index in [2.05, 4.69) is 20.2 Å². The molecule has 1 aliphatic rings. The van der Waals surface area contributed by atoms with E-state index in [1.807, 2.05) is 46.8 Å². The number of nitrogens with zero attached hydrogens (tertiary/aromatic N) is 5. The Kier molecular flexibility index (Phi) is 8.46. The van der Waals surface area contributed by atoms with E-state index >= 15 is 0 Å². The van der Waals surface area contributed by atoms with Gasteiger partial charge >= 0.3 is 6.18 Å². The van der Waals surface area contributed by atoms with Gasteiger partial charge in [0.05, 0.1) is 17.4 Å². The summed E-state index contributed by atoms with van der Waals surface area (Å²) in [6.07, 6.45) is 0.534. The monoisotopic (exact) mass is 628 g/mol. The van der Waals surface area contributed by atoms with Gasteiger partial charge in [0.1, 0.15) is 11.4 Å². The molecule has 0 radical (unpaired) electrons. The normalized spacial score (nSPS) is 14.0. The van der Waals surface area contributed by atoms with E-state index in [-0.39, 0.29) is 11.5 Å². The van der Waals surface area contributed by atoms with Crippen LogP contribution in [0.4, 0.5) is 18.9 Å². The molecule has 1 N–H and O–H groups in total. The van der Waals surface area contributed by atoms with Gasteiger partial charge in [-0.2, -0.15) is 13.2 Å². The zero-order valence-corrected chi connectivity index (χ0v) is 25.2. The maximum absolute atomic E-state index is 13.5. The van der Waals surface area contributed by atoms with Gasteiger partial charge in [-0.1, -0.05) is 0 Å². The maximum Gasteiger partial charge on any atom is 0.416 e. The second-order valence-corrected chi connectivity index (χ2v) is 11.2. The quantitative estimate of drug-likeness (QED) is 0.228. The van der Waals surface area contributed by atoms with E-state index in [0.29, 0.717) is 41.7 Å². The smallest absolute Gasteiger partial charge is 0.416 e. The highest BCUT2D eigenvalue weighted by Gasteiger charge is 2.30. The Bertz CT molecular complexity index is 1880. The molecule has 5 aromatic rings. The van der Waals surface area contributed by atoms with Crippen LogP contribution in [0.25, 0.3) is 10.9 Å². The Labute approximate surface area is 263 Å². The molecule has 12 heteroatoms. The van der Waals surface area contributed by atoms with Crippen LogP contribution in [0.5, 0.6) is 11.6 Å². The Morgan fingerprint density at radius 3 is 2.33 bits per heavy atom. The number of anilines is 1. The molecule has 0 saturated carbocycles. The number of rotatable bonds is 7. The molecule has 0 spiro atoms. The summed E-state index contributed by atoms with van der Waals surface area (Å²) in [6.45, 7) is 5.46.